The van der Waals surface area contributed by atoms with Crippen LogP contribution in [0.2, 0.25) is 5.02 Å². The molecule has 5 nitrogen and oxygen atoms in total. The first kappa shape index (κ1) is 22.1. The Labute approximate surface area is 186 Å². The number of methoxy groups -OCH3 is 1. The predicted molar refractivity (Wildman–Crippen MR) is 121 cm³/mol. The molecule has 2 aromatic carbocycles. The number of hydrogen-bond acceptors (Lipinski definition) is 5. The number of benzene rings is 2. The van der Waals surface area contributed by atoms with Gasteiger partial charge in [-0.05, 0) is 55.8 Å². The summed E-state index contributed by atoms with van der Waals surface area (Å²) in [5.41, 5.74) is 1.49. The maximum atomic E-state index is 13.1. The van der Waals surface area contributed by atoms with Gasteiger partial charge in [0, 0.05) is 22.0 Å². The number of rotatable bonds is 9. The Morgan fingerprint density at radius 2 is 1.97 bits per heavy atom. The molecule has 0 bridgehead atoms. The zero-order chi connectivity index (χ0) is 21.5. The van der Waals surface area contributed by atoms with Gasteiger partial charge in [-0.25, -0.2) is 4.98 Å². The summed E-state index contributed by atoms with van der Waals surface area (Å²) >= 11 is 7.51. The molecule has 1 aromatic heterocycles. The highest BCUT2D eigenvalue weighted by Crippen LogP contribution is 2.21. The summed E-state index contributed by atoms with van der Waals surface area (Å²) in [6.45, 7) is 4.94. The Morgan fingerprint density at radius 1 is 1.20 bits per heavy atom. The van der Waals surface area contributed by atoms with Gasteiger partial charge in [0.2, 0.25) is 0 Å². The molecule has 0 unspecified atom stereocenters. The van der Waals surface area contributed by atoms with Crippen LogP contribution in [0.15, 0.2) is 53.9 Å². The average molecular weight is 445 g/mol. The van der Waals surface area contributed by atoms with Gasteiger partial charge in [0.25, 0.3) is 5.91 Å². The number of nitrogens with zero attached hydrogens (tertiary/aromatic N) is 2. The van der Waals surface area contributed by atoms with Crippen molar-refractivity contribution < 1.29 is 14.3 Å². The van der Waals surface area contributed by atoms with Crippen LogP contribution < -0.4 is 9.47 Å². The third-order valence-electron chi connectivity index (χ3n) is 4.81. The van der Waals surface area contributed by atoms with Crippen molar-refractivity contribution in [2.75, 3.05) is 7.11 Å². The lowest BCUT2D eigenvalue weighted by Crippen LogP contribution is -2.37. The molecule has 0 saturated heterocycles. The lowest BCUT2D eigenvalue weighted by Gasteiger charge is -2.28. The van der Waals surface area contributed by atoms with E-state index in [1.807, 2.05) is 22.4 Å². The van der Waals surface area contributed by atoms with Crippen LogP contribution in [0.25, 0.3) is 0 Å². The number of ether oxygens (including phenoxy) is 2. The highest BCUT2D eigenvalue weighted by molar-refractivity contribution is 7.09. The second-order valence-electron chi connectivity index (χ2n) is 6.90. The molecule has 0 aliphatic carbocycles. The van der Waals surface area contributed by atoms with Gasteiger partial charge in [0.1, 0.15) is 23.1 Å². The lowest BCUT2D eigenvalue weighted by molar-refractivity contribution is 0.0669. The smallest absolute Gasteiger partial charge is 0.254 e. The molecular weight excluding hydrogens is 420 g/mol. The molecule has 0 aliphatic rings. The van der Waals surface area contributed by atoms with Gasteiger partial charge in [-0.2, -0.15) is 0 Å². The van der Waals surface area contributed by atoms with E-state index in [1.165, 1.54) is 11.3 Å². The number of carbonyl (C=O) groups is 1. The number of carbonyl (C=O) groups excluding carboxylic acids is 1. The van der Waals surface area contributed by atoms with Crippen molar-refractivity contribution in [2.45, 2.75) is 39.5 Å². The Kier molecular flexibility index (Phi) is 7.71. The Balaban J connectivity index is 1.68. The Hall–Kier alpha value is -2.57. The lowest BCUT2D eigenvalue weighted by atomic mass is 10.1. The van der Waals surface area contributed by atoms with Crippen LogP contribution in [-0.4, -0.2) is 28.9 Å². The van der Waals surface area contributed by atoms with Gasteiger partial charge in [0.05, 0.1) is 19.3 Å². The number of hydrogen-bond donors (Lipinski definition) is 0. The number of thiazole rings is 1. The summed E-state index contributed by atoms with van der Waals surface area (Å²) in [6.07, 6.45) is 0.858. The third kappa shape index (κ3) is 5.74. The van der Waals surface area contributed by atoms with E-state index in [-0.39, 0.29) is 11.9 Å². The number of halogens is 1. The molecule has 0 saturated carbocycles. The molecule has 0 fully saturated rings. The van der Waals surface area contributed by atoms with Crippen LogP contribution in [0.3, 0.4) is 0 Å². The van der Waals surface area contributed by atoms with Crippen LogP contribution in [0.5, 0.6) is 11.5 Å². The summed E-state index contributed by atoms with van der Waals surface area (Å²) < 4.78 is 11.0. The van der Waals surface area contributed by atoms with Crippen molar-refractivity contribution in [3.8, 4) is 11.5 Å². The highest BCUT2D eigenvalue weighted by Gasteiger charge is 2.22. The largest absolute Gasteiger partial charge is 0.497 e. The molecule has 158 valence electrons. The fraction of sp³-hybridized carbons (Fsp3) is 0.304. The maximum Gasteiger partial charge on any atom is 0.254 e. The molecule has 1 heterocycles. The number of amides is 1. The first-order valence-corrected chi connectivity index (χ1v) is 11.0. The molecule has 3 rings (SSSR count). The second-order valence-corrected chi connectivity index (χ2v) is 8.28. The highest BCUT2D eigenvalue weighted by atomic mass is 35.5. The Bertz CT molecular complexity index is 975. The van der Waals surface area contributed by atoms with Gasteiger partial charge in [-0.1, -0.05) is 24.6 Å². The molecule has 0 radical (unpaired) electrons. The monoisotopic (exact) mass is 444 g/mol. The minimum absolute atomic E-state index is 0.0169. The summed E-state index contributed by atoms with van der Waals surface area (Å²) in [6, 6.07) is 14.6. The van der Waals surface area contributed by atoms with Gasteiger partial charge >= 0.3 is 0 Å². The molecule has 0 N–H and O–H groups in total. The van der Waals surface area contributed by atoms with E-state index < -0.39 is 0 Å². The van der Waals surface area contributed by atoms with Crippen LogP contribution >= 0.6 is 22.9 Å². The molecule has 30 heavy (non-hydrogen) atoms. The van der Waals surface area contributed by atoms with Crippen LogP contribution in [-0.2, 0) is 13.2 Å². The molecule has 0 spiro atoms. The minimum Gasteiger partial charge on any atom is -0.497 e. The van der Waals surface area contributed by atoms with Crippen LogP contribution in [0.1, 0.15) is 41.3 Å². The zero-order valence-electron chi connectivity index (χ0n) is 17.3. The van der Waals surface area contributed by atoms with Gasteiger partial charge in [-0.15, -0.1) is 11.3 Å². The van der Waals surface area contributed by atoms with E-state index in [9.17, 15) is 4.79 Å². The van der Waals surface area contributed by atoms with Crippen molar-refractivity contribution >= 4 is 28.8 Å². The topological polar surface area (TPSA) is 51.7 Å². The van der Waals surface area contributed by atoms with Crippen molar-refractivity contribution in [3.05, 3.63) is 75.2 Å². The quantitative estimate of drug-likeness (QED) is 0.417. The van der Waals surface area contributed by atoms with E-state index >= 15 is 0 Å². The summed E-state index contributed by atoms with van der Waals surface area (Å²) in [7, 11) is 1.61. The average Bonchev–Trinajstić information content (AvgIpc) is 3.23. The van der Waals surface area contributed by atoms with E-state index in [0.717, 1.165) is 22.9 Å². The van der Waals surface area contributed by atoms with Crippen molar-refractivity contribution in [1.82, 2.24) is 9.88 Å². The third-order valence-corrected chi connectivity index (χ3v) is 5.92. The van der Waals surface area contributed by atoms with Crippen molar-refractivity contribution in [3.63, 3.8) is 0 Å². The first-order chi connectivity index (χ1) is 14.5. The van der Waals surface area contributed by atoms with E-state index in [4.69, 9.17) is 21.1 Å². The van der Waals surface area contributed by atoms with E-state index in [2.05, 4.69) is 18.8 Å². The normalized spacial score (nSPS) is 11.7. The molecule has 0 aliphatic heterocycles. The maximum absolute atomic E-state index is 13.1. The van der Waals surface area contributed by atoms with Crippen molar-refractivity contribution in [2.24, 2.45) is 0 Å². The zero-order valence-corrected chi connectivity index (χ0v) is 18.9. The fourth-order valence-electron chi connectivity index (χ4n) is 2.91. The number of aromatic nitrogens is 1. The molecule has 1 amide bonds. The predicted octanol–water partition coefficient (Wildman–Crippen LogP) is 5.83. The summed E-state index contributed by atoms with van der Waals surface area (Å²) in [5, 5.41) is 3.47. The van der Waals surface area contributed by atoms with Gasteiger partial charge < -0.3 is 14.4 Å². The van der Waals surface area contributed by atoms with Gasteiger partial charge in [-0.3, -0.25) is 4.79 Å². The second kappa shape index (κ2) is 10.5. The summed E-state index contributed by atoms with van der Waals surface area (Å²) in [5.74, 6) is 1.41. The molecular formula is C23H25ClN2O3S. The van der Waals surface area contributed by atoms with Gasteiger partial charge in [0.15, 0.2) is 0 Å². The minimum atomic E-state index is -0.0169. The Morgan fingerprint density at radius 3 is 2.63 bits per heavy atom. The standard InChI is InChI=1S/C23H25ClN2O3S/c1-4-16(2)26(23(27)17-8-10-20(28-3)11-9-17)13-19-15-30-22(25-19)14-29-21-7-5-6-18(24)12-21/h5-12,15-16H,4,13-14H2,1-3H3/t16-/m0/s1. The van der Waals surface area contributed by atoms with Crippen LogP contribution in [0.4, 0.5) is 0 Å². The summed E-state index contributed by atoms with van der Waals surface area (Å²) in [4.78, 5) is 19.6. The van der Waals surface area contributed by atoms with E-state index in [0.29, 0.717) is 29.5 Å². The molecule has 7 heteroatoms. The van der Waals surface area contributed by atoms with Crippen molar-refractivity contribution in [1.29, 1.82) is 0 Å². The van der Waals surface area contributed by atoms with E-state index in [1.54, 1.807) is 43.5 Å². The SMILES string of the molecule is CC[C@H](C)N(Cc1csc(COc2cccc(Cl)c2)n1)C(=O)c1ccc(OC)cc1. The fourth-order valence-corrected chi connectivity index (χ4v) is 3.79. The first-order valence-electron chi connectivity index (χ1n) is 9.76. The molecule has 3 aromatic rings. The van der Waals surface area contributed by atoms with Crippen LogP contribution in [0, 0.1) is 0 Å². The molecule has 1 atom stereocenters.